The molecule has 3 rings (SSSR count). The van der Waals surface area contributed by atoms with Crippen LogP contribution in [0.5, 0.6) is 5.75 Å². The summed E-state index contributed by atoms with van der Waals surface area (Å²) in [5.74, 6) is 0.134. The van der Waals surface area contributed by atoms with Crippen molar-refractivity contribution in [2.24, 2.45) is 4.99 Å². The molecular weight excluding hydrogens is 488 g/mol. The molecule has 0 aliphatic carbocycles. The zero-order valence-corrected chi connectivity index (χ0v) is 17.6. The fourth-order valence-electron chi connectivity index (χ4n) is 2.40. The molecule has 0 radical (unpaired) electrons. The average Bonchev–Trinajstić information content (AvgIpc) is 2.69. The predicted molar refractivity (Wildman–Crippen MR) is 119 cm³/mol. The summed E-state index contributed by atoms with van der Waals surface area (Å²) in [4.78, 5) is 14.6. The molecule has 0 atom stereocenters. The first-order chi connectivity index (χ1) is 13.4. The van der Waals surface area contributed by atoms with Gasteiger partial charge in [0.1, 0.15) is 5.75 Å². The van der Waals surface area contributed by atoms with E-state index in [1.165, 1.54) is 12.1 Å². The van der Waals surface area contributed by atoms with Gasteiger partial charge in [0, 0.05) is 28.4 Å². The molecule has 0 heterocycles. The molecule has 1 N–H and O–H groups in total. The first-order valence-electron chi connectivity index (χ1n) is 8.17. The molecule has 3 aromatic rings. The minimum absolute atomic E-state index is 0.0721. The molecule has 0 unspecified atom stereocenters. The highest BCUT2D eigenvalue weighted by Gasteiger charge is 2.05. The molecule has 7 heteroatoms. The smallest absolute Gasteiger partial charge is 0.269 e. The summed E-state index contributed by atoms with van der Waals surface area (Å²) in [5.41, 5.74) is 3.28. The average molecular weight is 502 g/mol. The molecule has 0 aromatic heterocycles. The van der Waals surface area contributed by atoms with Crippen LogP contribution in [-0.4, -0.2) is 16.2 Å². The Hall–Kier alpha value is -2.77. The maximum absolute atomic E-state index is 10.7. The number of hydrogen-bond acceptors (Lipinski definition) is 4. The normalized spacial score (nSPS) is 11.4. The van der Waals surface area contributed by atoms with Gasteiger partial charge in [-0.05, 0) is 63.5 Å². The third-order valence-corrected chi connectivity index (χ3v) is 4.94. The number of nitro benzene ring substituents is 1. The van der Waals surface area contributed by atoms with Crippen LogP contribution in [-0.2, 0) is 0 Å². The maximum Gasteiger partial charge on any atom is 0.269 e. The van der Waals surface area contributed by atoms with E-state index in [-0.39, 0.29) is 11.4 Å². The highest BCUT2D eigenvalue weighted by molar-refractivity contribution is 9.11. The van der Waals surface area contributed by atoms with E-state index in [1.54, 1.807) is 30.5 Å². The van der Waals surface area contributed by atoms with Crippen molar-refractivity contribution in [3.8, 4) is 5.75 Å². The van der Waals surface area contributed by atoms with Crippen molar-refractivity contribution in [2.45, 2.75) is 0 Å². The zero-order chi connectivity index (χ0) is 20.1. The van der Waals surface area contributed by atoms with E-state index >= 15 is 0 Å². The Kier molecular flexibility index (Phi) is 6.38. The van der Waals surface area contributed by atoms with Crippen molar-refractivity contribution in [1.82, 2.24) is 0 Å². The summed E-state index contributed by atoms with van der Waals surface area (Å²) in [6.07, 6.45) is 5.41. The van der Waals surface area contributed by atoms with Gasteiger partial charge in [-0.1, -0.05) is 40.2 Å². The summed E-state index contributed by atoms with van der Waals surface area (Å²) < 4.78 is 1.43. The highest BCUT2D eigenvalue weighted by atomic mass is 79.9. The quantitative estimate of drug-likeness (QED) is 0.182. The maximum atomic E-state index is 10.7. The number of hydrogen-bond donors (Lipinski definition) is 1. The molecule has 0 bridgehead atoms. The summed E-state index contributed by atoms with van der Waals surface area (Å²) in [6, 6.07) is 17.5. The minimum atomic E-state index is -0.417. The third kappa shape index (κ3) is 5.15. The lowest BCUT2D eigenvalue weighted by atomic mass is 10.1. The van der Waals surface area contributed by atoms with Gasteiger partial charge in [0.15, 0.2) is 0 Å². The number of halogens is 2. The van der Waals surface area contributed by atoms with Gasteiger partial charge in [0.05, 0.1) is 15.1 Å². The molecule has 0 aliphatic rings. The minimum Gasteiger partial charge on any atom is -0.506 e. The number of rotatable bonds is 5. The Morgan fingerprint density at radius 3 is 2.07 bits per heavy atom. The monoisotopic (exact) mass is 500 g/mol. The van der Waals surface area contributed by atoms with E-state index in [0.29, 0.717) is 10.0 Å². The van der Waals surface area contributed by atoms with Crippen LogP contribution in [0.25, 0.3) is 12.2 Å². The van der Waals surface area contributed by atoms with Crippen LogP contribution in [0.3, 0.4) is 0 Å². The first-order valence-corrected chi connectivity index (χ1v) is 9.75. The molecule has 28 heavy (non-hydrogen) atoms. The Morgan fingerprint density at radius 2 is 1.50 bits per heavy atom. The second-order valence-corrected chi connectivity index (χ2v) is 7.63. The van der Waals surface area contributed by atoms with Crippen LogP contribution >= 0.6 is 31.9 Å². The molecule has 0 spiro atoms. The van der Waals surface area contributed by atoms with Crippen molar-refractivity contribution in [1.29, 1.82) is 0 Å². The number of phenolic OH excluding ortho intramolecular Hbond substituents is 1. The SMILES string of the molecule is O=[N+]([O-])c1ccc(/C=C/c2ccc(N=Cc3cc(Br)cc(Br)c3O)cc2)cc1. The number of nitro groups is 1. The van der Waals surface area contributed by atoms with Gasteiger partial charge in [-0.2, -0.15) is 0 Å². The number of non-ortho nitro benzene ring substituents is 1. The lowest BCUT2D eigenvalue weighted by molar-refractivity contribution is -0.384. The van der Waals surface area contributed by atoms with Crippen LogP contribution in [0.4, 0.5) is 11.4 Å². The number of nitrogens with zero attached hydrogens (tertiary/aromatic N) is 2. The van der Waals surface area contributed by atoms with Gasteiger partial charge < -0.3 is 5.11 Å². The molecule has 0 saturated heterocycles. The van der Waals surface area contributed by atoms with Crippen LogP contribution in [0.1, 0.15) is 16.7 Å². The second-order valence-electron chi connectivity index (χ2n) is 5.86. The van der Waals surface area contributed by atoms with E-state index in [2.05, 4.69) is 36.9 Å². The van der Waals surface area contributed by atoms with Gasteiger partial charge in [0.2, 0.25) is 0 Å². The molecule has 3 aromatic carbocycles. The fourth-order valence-corrected chi connectivity index (χ4v) is 3.66. The summed E-state index contributed by atoms with van der Waals surface area (Å²) in [6.45, 7) is 0. The largest absolute Gasteiger partial charge is 0.506 e. The molecular formula is C21H14Br2N2O3. The van der Waals surface area contributed by atoms with Gasteiger partial charge in [0.25, 0.3) is 5.69 Å². The first kappa shape index (κ1) is 20.0. The van der Waals surface area contributed by atoms with E-state index in [9.17, 15) is 15.2 Å². The highest BCUT2D eigenvalue weighted by Crippen LogP contribution is 2.31. The lowest BCUT2D eigenvalue weighted by Crippen LogP contribution is -1.86. The van der Waals surface area contributed by atoms with Crippen LogP contribution < -0.4 is 0 Å². The standard InChI is InChI=1S/C21H14Br2N2O3/c22-17-11-16(21(26)20(23)12-17)13-24-18-7-3-14(4-8-18)1-2-15-5-9-19(10-6-15)25(27)28/h1-13,26H/b2-1+,24-13?. The van der Waals surface area contributed by atoms with Crippen LogP contribution in [0.15, 0.2) is 74.6 Å². The van der Waals surface area contributed by atoms with Crippen molar-refractivity contribution in [3.05, 3.63) is 96.4 Å². The Labute approximate surface area is 178 Å². The second kappa shape index (κ2) is 8.95. The van der Waals surface area contributed by atoms with Crippen molar-refractivity contribution >= 4 is 61.6 Å². The summed E-state index contributed by atoms with van der Waals surface area (Å²) in [5, 5.41) is 20.7. The number of benzene rings is 3. The number of aromatic hydroxyl groups is 1. The van der Waals surface area contributed by atoms with Gasteiger partial charge >= 0.3 is 0 Å². The zero-order valence-electron chi connectivity index (χ0n) is 14.4. The van der Waals surface area contributed by atoms with Crippen LogP contribution in [0, 0.1) is 10.1 Å². The Morgan fingerprint density at radius 1 is 0.929 bits per heavy atom. The predicted octanol–water partition coefficient (Wildman–Crippen LogP) is 6.75. The Bertz CT molecular complexity index is 1060. The Balaban J connectivity index is 1.70. The summed E-state index contributed by atoms with van der Waals surface area (Å²) in [7, 11) is 0. The molecule has 5 nitrogen and oxygen atoms in total. The van der Waals surface area contributed by atoms with Crippen LogP contribution in [0.2, 0.25) is 0 Å². The molecule has 0 aliphatic heterocycles. The van der Waals surface area contributed by atoms with E-state index in [4.69, 9.17) is 0 Å². The molecule has 140 valence electrons. The van der Waals surface area contributed by atoms with E-state index < -0.39 is 4.92 Å². The lowest BCUT2D eigenvalue weighted by Gasteiger charge is -2.03. The van der Waals surface area contributed by atoms with Gasteiger partial charge in [-0.3, -0.25) is 15.1 Å². The topological polar surface area (TPSA) is 75.7 Å². The van der Waals surface area contributed by atoms with E-state index in [1.807, 2.05) is 36.4 Å². The molecule has 0 fully saturated rings. The van der Waals surface area contributed by atoms with Crippen molar-refractivity contribution in [3.63, 3.8) is 0 Å². The van der Waals surface area contributed by atoms with Gasteiger partial charge in [-0.15, -0.1) is 0 Å². The third-order valence-electron chi connectivity index (χ3n) is 3.88. The molecule has 0 amide bonds. The number of phenols is 1. The fraction of sp³-hybridized carbons (Fsp3) is 0. The van der Waals surface area contributed by atoms with Crippen molar-refractivity contribution < 1.29 is 10.0 Å². The molecule has 0 saturated carbocycles. The van der Waals surface area contributed by atoms with Gasteiger partial charge in [-0.25, -0.2) is 0 Å². The van der Waals surface area contributed by atoms with E-state index in [0.717, 1.165) is 21.3 Å². The number of aliphatic imine (C=N–C) groups is 1. The summed E-state index contributed by atoms with van der Waals surface area (Å²) >= 11 is 6.68. The van der Waals surface area contributed by atoms with Crippen molar-refractivity contribution in [2.75, 3.05) is 0 Å².